The van der Waals surface area contributed by atoms with Gasteiger partial charge in [0, 0.05) is 38.0 Å². The largest absolute Gasteiger partial charge is 0.420 e. The highest BCUT2D eigenvalue weighted by atomic mass is 35.5. The van der Waals surface area contributed by atoms with E-state index in [0.29, 0.717) is 27.7 Å². The number of hydrogen-bond donors (Lipinski definition) is 3. The van der Waals surface area contributed by atoms with Crippen LogP contribution in [0.3, 0.4) is 0 Å². The number of nitrogens with zero attached hydrogens (tertiary/aromatic N) is 5. The topological polar surface area (TPSA) is 143 Å². The molecule has 0 spiro atoms. The van der Waals surface area contributed by atoms with Gasteiger partial charge < -0.3 is 25.5 Å². The first-order valence-corrected chi connectivity index (χ1v) is 12.3. The highest BCUT2D eigenvalue weighted by Gasteiger charge is 2.23. The quantitative estimate of drug-likeness (QED) is 0.318. The van der Waals surface area contributed by atoms with Gasteiger partial charge in [-0.2, -0.15) is 4.98 Å². The SMILES string of the molecule is CN(C)C(=O)c1ccc(Nc2ncc(-c3nnc(C(C)(C)C)o3)c(N)n2)cc1Cl.OCCc1ccccc1. The highest BCUT2D eigenvalue weighted by molar-refractivity contribution is 6.34. The molecule has 38 heavy (non-hydrogen) atoms. The molecule has 10 nitrogen and oxygen atoms in total. The van der Waals surface area contributed by atoms with Crippen LogP contribution in [0.5, 0.6) is 0 Å². The van der Waals surface area contributed by atoms with Crippen molar-refractivity contribution in [2.24, 2.45) is 0 Å². The lowest BCUT2D eigenvalue weighted by Crippen LogP contribution is -2.21. The Balaban J connectivity index is 0.000000375. The summed E-state index contributed by atoms with van der Waals surface area (Å²) in [6.07, 6.45) is 2.27. The van der Waals surface area contributed by atoms with Crippen LogP contribution in [0.1, 0.15) is 42.6 Å². The second kappa shape index (κ2) is 12.5. The summed E-state index contributed by atoms with van der Waals surface area (Å²) < 4.78 is 5.69. The number of hydrogen-bond acceptors (Lipinski definition) is 9. The van der Waals surface area contributed by atoms with Gasteiger partial charge in [0.25, 0.3) is 11.8 Å². The van der Waals surface area contributed by atoms with Gasteiger partial charge in [0.05, 0.1) is 16.1 Å². The van der Waals surface area contributed by atoms with E-state index < -0.39 is 0 Å². The summed E-state index contributed by atoms with van der Waals surface area (Å²) in [6, 6.07) is 14.9. The second-order valence-corrected chi connectivity index (χ2v) is 10.0. The minimum atomic E-state index is -0.276. The van der Waals surface area contributed by atoms with E-state index >= 15 is 0 Å². The first-order chi connectivity index (χ1) is 18.0. The number of amides is 1. The van der Waals surface area contributed by atoms with Gasteiger partial charge in [-0.3, -0.25) is 4.79 Å². The Labute approximate surface area is 226 Å². The van der Waals surface area contributed by atoms with Gasteiger partial charge in [-0.15, -0.1) is 10.2 Å². The predicted octanol–water partition coefficient (Wildman–Crippen LogP) is 4.73. The fraction of sp³-hybridized carbons (Fsp3) is 0.296. The molecule has 4 rings (SSSR count). The second-order valence-electron chi connectivity index (χ2n) is 9.63. The standard InChI is InChI=1S/C19H22ClN7O2.C8H10O/c1-19(2,3)17-26-25-15(29-17)12-9-22-18(24-14(12)21)23-10-6-7-11(13(20)8-10)16(28)27(4)5;9-7-6-8-4-2-1-3-5-8/h6-9H,1-5H3,(H3,21,22,23,24);1-5,9H,6-7H2. The number of carbonyl (C=O) groups excluding carboxylic acids is 1. The molecule has 0 atom stereocenters. The molecule has 0 saturated heterocycles. The van der Waals surface area contributed by atoms with E-state index in [9.17, 15) is 4.79 Å². The summed E-state index contributed by atoms with van der Waals surface area (Å²) in [5, 5.41) is 19.9. The third-order valence-corrected chi connectivity index (χ3v) is 5.53. The monoisotopic (exact) mass is 537 g/mol. The Morgan fingerprint density at radius 2 is 1.84 bits per heavy atom. The molecule has 0 aliphatic carbocycles. The lowest BCUT2D eigenvalue weighted by molar-refractivity contribution is 0.0828. The minimum Gasteiger partial charge on any atom is -0.420 e. The highest BCUT2D eigenvalue weighted by Crippen LogP contribution is 2.29. The maximum Gasteiger partial charge on any atom is 0.254 e. The number of aromatic nitrogens is 4. The number of carbonyl (C=O) groups is 1. The van der Waals surface area contributed by atoms with Gasteiger partial charge >= 0.3 is 0 Å². The van der Waals surface area contributed by atoms with Crippen molar-refractivity contribution in [2.75, 3.05) is 31.8 Å². The molecule has 4 N–H and O–H groups in total. The van der Waals surface area contributed by atoms with Crippen molar-refractivity contribution < 1.29 is 14.3 Å². The molecule has 2 aromatic heterocycles. The molecule has 1 amide bonds. The molecule has 0 fully saturated rings. The van der Waals surface area contributed by atoms with E-state index in [-0.39, 0.29) is 35.6 Å². The van der Waals surface area contributed by atoms with Crippen molar-refractivity contribution in [1.82, 2.24) is 25.1 Å². The number of aliphatic hydroxyl groups is 1. The zero-order valence-electron chi connectivity index (χ0n) is 22.1. The normalized spacial score (nSPS) is 10.9. The Morgan fingerprint density at radius 3 is 2.39 bits per heavy atom. The molecular formula is C27H32ClN7O3. The Hall–Kier alpha value is -4.02. The lowest BCUT2D eigenvalue weighted by Gasteiger charge is -2.13. The molecule has 0 aliphatic rings. The van der Waals surface area contributed by atoms with Crippen LogP contribution in [-0.4, -0.2) is 56.8 Å². The van der Waals surface area contributed by atoms with Crippen LogP contribution in [-0.2, 0) is 11.8 Å². The number of aliphatic hydroxyl groups excluding tert-OH is 1. The average molecular weight is 538 g/mol. The van der Waals surface area contributed by atoms with Crippen LogP contribution >= 0.6 is 11.6 Å². The van der Waals surface area contributed by atoms with Gasteiger partial charge in [-0.05, 0) is 30.2 Å². The number of halogens is 1. The van der Waals surface area contributed by atoms with Crippen LogP contribution in [0.2, 0.25) is 5.02 Å². The molecule has 2 heterocycles. The van der Waals surface area contributed by atoms with E-state index in [1.54, 1.807) is 32.3 Å². The number of nitrogen functional groups attached to an aromatic ring is 1. The van der Waals surface area contributed by atoms with Crippen molar-refractivity contribution in [2.45, 2.75) is 32.6 Å². The zero-order chi connectivity index (χ0) is 27.9. The summed E-state index contributed by atoms with van der Waals surface area (Å²) in [4.78, 5) is 22.0. The lowest BCUT2D eigenvalue weighted by atomic mass is 9.97. The zero-order valence-corrected chi connectivity index (χ0v) is 22.8. The number of nitrogens with one attached hydrogen (secondary N) is 1. The van der Waals surface area contributed by atoms with Gasteiger partial charge in [0.2, 0.25) is 11.8 Å². The maximum atomic E-state index is 12.1. The number of benzene rings is 2. The van der Waals surface area contributed by atoms with Crippen LogP contribution in [0, 0.1) is 0 Å². The van der Waals surface area contributed by atoms with Gasteiger partial charge in [0.1, 0.15) is 5.82 Å². The smallest absolute Gasteiger partial charge is 0.254 e. The van der Waals surface area contributed by atoms with Crippen molar-refractivity contribution in [3.05, 3.63) is 76.8 Å². The summed E-state index contributed by atoms with van der Waals surface area (Å²) in [6.45, 7) is 6.16. The minimum absolute atomic E-state index is 0.180. The summed E-state index contributed by atoms with van der Waals surface area (Å²) in [5.74, 6) is 1.03. The van der Waals surface area contributed by atoms with E-state index in [2.05, 4.69) is 25.5 Å². The Morgan fingerprint density at radius 1 is 1.13 bits per heavy atom. The van der Waals surface area contributed by atoms with Crippen LogP contribution in [0.25, 0.3) is 11.5 Å². The molecule has 0 radical (unpaired) electrons. The third kappa shape index (κ3) is 7.50. The van der Waals surface area contributed by atoms with E-state index in [1.165, 1.54) is 16.7 Å². The van der Waals surface area contributed by atoms with Gasteiger partial charge in [-0.1, -0.05) is 62.7 Å². The van der Waals surface area contributed by atoms with Crippen LogP contribution < -0.4 is 11.1 Å². The number of nitrogens with two attached hydrogens (primary N) is 1. The molecule has 2 aromatic carbocycles. The Kier molecular flexibility index (Phi) is 9.38. The molecule has 4 aromatic rings. The molecule has 200 valence electrons. The fourth-order valence-electron chi connectivity index (χ4n) is 3.17. The van der Waals surface area contributed by atoms with Crippen LogP contribution in [0.15, 0.2) is 59.1 Å². The van der Waals surface area contributed by atoms with E-state index in [4.69, 9.17) is 26.9 Å². The molecule has 0 saturated carbocycles. The molecule has 11 heteroatoms. The van der Waals surface area contributed by atoms with Crippen LogP contribution in [0.4, 0.5) is 17.5 Å². The van der Waals surface area contributed by atoms with Crippen molar-refractivity contribution in [1.29, 1.82) is 0 Å². The molecule has 0 unspecified atom stereocenters. The molecular weight excluding hydrogens is 506 g/mol. The first kappa shape index (κ1) is 28.5. The maximum absolute atomic E-state index is 12.1. The third-order valence-electron chi connectivity index (χ3n) is 5.22. The van der Waals surface area contributed by atoms with Crippen molar-refractivity contribution in [3.8, 4) is 11.5 Å². The fourth-order valence-corrected chi connectivity index (χ4v) is 3.43. The molecule has 0 bridgehead atoms. The number of rotatable bonds is 6. The van der Waals surface area contributed by atoms with Gasteiger partial charge in [-0.25, -0.2) is 4.98 Å². The predicted molar refractivity (Wildman–Crippen MR) is 148 cm³/mol. The number of anilines is 3. The summed E-state index contributed by atoms with van der Waals surface area (Å²) >= 11 is 6.23. The first-order valence-electron chi connectivity index (χ1n) is 11.9. The van der Waals surface area contributed by atoms with E-state index in [0.717, 1.165) is 6.42 Å². The average Bonchev–Trinajstić information content (AvgIpc) is 3.36. The summed E-state index contributed by atoms with van der Waals surface area (Å²) in [7, 11) is 3.33. The Bertz CT molecular complexity index is 1370. The van der Waals surface area contributed by atoms with E-state index in [1.807, 2.05) is 51.1 Å². The van der Waals surface area contributed by atoms with Gasteiger partial charge in [0.15, 0.2) is 0 Å². The molecule has 0 aliphatic heterocycles. The van der Waals surface area contributed by atoms with Crippen molar-refractivity contribution >= 4 is 35.0 Å². The summed E-state index contributed by atoms with van der Waals surface area (Å²) in [5.41, 5.74) is 8.45. The van der Waals surface area contributed by atoms with Crippen molar-refractivity contribution in [3.63, 3.8) is 0 Å².